The minimum atomic E-state index is 0.0855. The van der Waals surface area contributed by atoms with Crippen LogP contribution in [0.3, 0.4) is 0 Å². The monoisotopic (exact) mass is 592 g/mol. The minimum absolute atomic E-state index is 0.0855. The van der Waals surface area contributed by atoms with Crippen LogP contribution in [-0.2, 0) is 4.75 Å². The lowest BCUT2D eigenvalue weighted by Crippen LogP contribution is -2.23. The lowest BCUT2D eigenvalue weighted by atomic mass is 9.93. The Morgan fingerprint density at radius 3 is 2.74 bits per heavy atom. The number of hydrogen-bond donors (Lipinski definition) is 0. The number of hydrogen-bond acceptors (Lipinski definition) is 3. The first-order chi connectivity index (χ1) is 21.1. The molecule has 0 N–H and O–H groups in total. The predicted molar refractivity (Wildman–Crippen MR) is 184 cm³/mol. The Kier molecular flexibility index (Phi) is 4.33. The second kappa shape index (κ2) is 7.78. The van der Waals surface area contributed by atoms with E-state index in [4.69, 9.17) is 0 Å². The molecule has 5 unspecified atom stereocenters. The molecule has 2 aliphatic heterocycles. The third-order valence-electron chi connectivity index (χ3n) is 11.7. The average Bonchev–Trinajstić information content (AvgIpc) is 3.61. The molecular weight excluding hydrogens is 561 g/mol. The van der Waals surface area contributed by atoms with Crippen molar-refractivity contribution in [2.24, 2.45) is 11.3 Å². The highest BCUT2D eigenvalue weighted by Crippen LogP contribution is 2.81. The number of rotatable bonds is 3. The molecule has 3 aromatic carbocycles. The Bertz CT molecular complexity index is 2270. The normalized spacial score (nSPS) is 30.4. The van der Waals surface area contributed by atoms with E-state index in [1.807, 2.05) is 17.4 Å². The summed E-state index contributed by atoms with van der Waals surface area (Å²) in [5.74, 6) is 1.27. The van der Waals surface area contributed by atoms with Gasteiger partial charge in [0.15, 0.2) is 0 Å². The molecule has 5 aromatic rings. The Morgan fingerprint density at radius 1 is 1.02 bits per heavy atom. The van der Waals surface area contributed by atoms with Crippen LogP contribution in [0, 0.1) is 11.3 Å². The molecule has 1 spiro atoms. The van der Waals surface area contributed by atoms with E-state index in [1.165, 1.54) is 88.8 Å². The molecule has 43 heavy (non-hydrogen) atoms. The Morgan fingerprint density at radius 2 is 1.88 bits per heavy atom. The SMILES string of the molecule is C=Cc1ccc(N2c3cc4c5sc6c(c5n(C5=CC7CC7(C)CC5)c4cc3C34Sc5ccccc5C3C24)=CCCC=6)cc1. The van der Waals surface area contributed by atoms with Crippen molar-refractivity contribution in [3.63, 3.8) is 0 Å². The van der Waals surface area contributed by atoms with Crippen LogP contribution in [0.2, 0.25) is 0 Å². The predicted octanol–water partition coefficient (Wildman–Crippen LogP) is 9.13. The summed E-state index contributed by atoms with van der Waals surface area (Å²) in [4.78, 5) is 4.16. The molecule has 2 aromatic heterocycles. The highest BCUT2D eigenvalue weighted by atomic mass is 32.2. The summed E-state index contributed by atoms with van der Waals surface area (Å²) in [5, 5.41) is 2.91. The van der Waals surface area contributed by atoms with Crippen molar-refractivity contribution in [3.05, 3.63) is 99.8 Å². The van der Waals surface area contributed by atoms with Gasteiger partial charge in [-0.25, -0.2) is 0 Å². The summed E-state index contributed by atoms with van der Waals surface area (Å²) < 4.78 is 5.76. The first-order valence-electron chi connectivity index (χ1n) is 15.9. The second-order valence-corrected chi connectivity index (χ2v) is 16.3. The lowest BCUT2D eigenvalue weighted by Gasteiger charge is -2.25. The third kappa shape index (κ3) is 2.84. The quantitative estimate of drug-likeness (QED) is 0.206. The van der Waals surface area contributed by atoms with Crippen molar-refractivity contribution in [1.29, 1.82) is 0 Å². The largest absolute Gasteiger partial charge is 0.336 e. The first-order valence-corrected chi connectivity index (χ1v) is 17.5. The number of thioether (sulfide) groups is 1. The van der Waals surface area contributed by atoms with Crippen molar-refractivity contribution in [2.75, 3.05) is 4.90 Å². The summed E-state index contributed by atoms with van der Waals surface area (Å²) in [6.45, 7) is 6.50. The van der Waals surface area contributed by atoms with Gasteiger partial charge in [0, 0.05) is 43.0 Å². The second-order valence-electron chi connectivity index (χ2n) is 13.9. The molecular formula is C39H32N2S2. The summed E-state index contributed by atoms with van der Waals surface area (Å²) in [6.07, 6.45) is 15.7. The summed E-state index contributed by atoms with van der Waals surface area (Å²) in [5.41, 5.74) is 11.9. The molecule has 4 heterocycles. The molecule has 2 fully saturated rings. The van der Waals surface area contributed by atoms with Crippen molar-refractivity contribution >= 4 is 79.5 Å². The van der Waals surface area contributed by atoms with Gasteiger partial charge in [-0.15, -0.1) is 23.1 Å². The Balaban J connectivity index is 1.21. The highest BCUT2D eigenvalue weighted by molar-refractivity contribution is 8.01. The van der Waals surface area contributed by atoms with E-state index in [-0.39, 0.29) is 4.75 Å². The molecule has 210 valence electrons. The lowest BCUT2D eigenvalue weighted by molar-refractivity contribution is 0.481. The topological polar surface area (TPSA) is 8.17 Å². The van der Waals surface area contributed by atoms with E-state index < -0.39 is 0 Å². The van der Waals surface area contributed by atoms with E-state index in [0.717, 1.165) is 18.8 Å². The standard InChI is InChI=1S/C39H32N2S2/c1-3-22-12-14-24(15-13-22)41-31-19-28-30(20-29(31)39-34(37(39)41)26-8-4-7-11-33(26)43-39)40(25-16-17-38(2)21-23(38)18-25)35-27-9-5-6-10-32(27)42-36(28)35/h3-4,7-15,18-20,23,34,37H,1,5-6,16-17,21H2,2H3. The van der Waals surface area contributed by atoms with E-state index >= 15 is 0 Å². The molecule has 4 heteroatoms. The van der Waals surface area contributed by atoms with Crippen LogP contribution in [-0.4, -0.2) is 10.6 Å². The zero-order valence-corrected chi connectivity index (χ0v) is 25.9. The molecule has 11 rings (SSSR count). The number of benzene rings is 3. The van der Waals surface area contributed by atoms with Gasteiger partial charge in [-0.1, -0.05) is 68.1 Å². The van der Waals surface area contributed by atoms with Crippen LogP contribution in [0.1, 0.15) is 61.6 Å². The molecule has 0 saturated heterocycles. The average molecular weight is 593 g/mol. The zero-order valence-electron chi connectivity index (χ0n) is 24.3. The number of anilines is 2. The molecule has 0 amide bonds. The van der Waals surface area contributed by atoms with Gasteiger partial charge >= 0.3 is 0 Å². The number of nitrogens with zero attached hydrogens (tertiary/aromatic N) is 2. The van der Waals surface area contributed by atoms with Crippen molar-refractivity contribution in [3.8, 4) is 0 Å². The summed E-state index contributed by atoms with van der Waals surface area (Å²) in [7, 11) is 0. The number of aromatic nitrogens is 1. The summed E-state index contributed by atoms with van der Waals surface area (Å²) in [6, 6.07) is 23.9. The fourth-order valence-corrected chi connectivity index (χ4v) is 12.3. The fourth-order valence-electron chi connectivity index (χ4n) is 9.26. The Hall–Kier alpha value is -3.47. The van der Waals surface area contributed by atoms with Crippen molar-refractivity contribution in [1.82, 2.24) is 4.57 Å². The maximum absolute atomic E-state index is 4.00. The molecule has 4 aliphatic carbocycles. The van der Waals surface area contributed by atoms with Crippen LogP contribution in [0.5, 0.6) is 0 Å². The molecule has 6 aliphatic rings. The van der Waals surface area contributed by atoms with Gasteiger partial charge in [0.05, 0.1) is 26.5 Å². The number of thiophene rings is 1. The van der Waals surface area contributed by atoms with Gasteiger partial charge in [-0.05, 0) is 90.5 Å². The number of allylic oxidation sites excluding steroid dienone is 2. The van der Waals surface area contributed by atoms with E-state index in [1.54, 1.807) is 0 Å². The van der Waals surface area contributed by atoms with Gasteiger partial charge in [-0.2, -0.15) is 0 Å². The van der Waals surface area contributed by atoms with Gasteiger partial charge in [0.25, 0.3) is 0 Å². The van der Waals surface area contributed by atoms with Crippen LogP contribution < -0.4 is 14.7 Å². The maximum atomic E-state index is 4.00. The highest BCUT2D eigenvalue weighted by Gasteiger charge is 2.77. The van der Waals surface area contributed by atoms with Crippen LogP contribution >= 0.6 is 23.1 Å². The minimum Gasteiger partial charge on any atom is -0.336 e. The van der Waals surface area contributed by atoms with Crippen LogP contribution in [0.15, 0.2) is 78.2 Å². The molecule has 2 saturated carbocycles. The molecule has 5 atom stereocenters. The third-order valence-corrected chi connectivity index (χ3v) is 14.5. The zero-order chi connectivity index (χ0) is 28.2. The van der Waals surface area contributed by atoms with Crippen molar-refractivity contribution in [2.45, 2.75) is 60.6 Å². The molecule has 0 radical (unpaired) electrons. The van der Waals surface area contributed by atoms with E-state index in [2.05, 4.69) is 114 Å². The van der Waals surface area contributed by atoms with Gasteiger partial charge in [0.1, 0.15) is 0 Å². The van der Waals surface area contributed by atoms with Crippen LogP contribution in [0.4, 0.5) is 11.4 Å². The number of fused-ring (bicyclic) bond motifs is 10. The van der Waals surface area contributed by atoms with E-state index in [9.17, 15) is 0 Å². The first kappa shape index (κ1) is 23.9. The Labute approximate surface area is 259 Å². The maximum Gasteiger partial charge on any atom is 0.0779 e. The van der Waals surface area contributed by atoms with Gasteiger partial charge < -0.3 is 9.47 Å². The van der Waals surface area contributed by atoms with Gasteiger partial charge in [-0.3, -0.25) is 0 Å². The fraction of sp³-hybridized carbons (Fsp3) is 0.282. The summed E-state index contributed by atoms with van der Waals surface area (Å²) >= 11 is 4.15. The van der Waals surface area contributed by atoms with E-state index in [0.29, 0.717) is 17.4 Å². The molecule has 2 nitrogen and oxygen atoms in total. The van der Waals surface area contributed by atoms with Crippen LogP contribution in [0.25, 0.3) is 45.0 Å². The smallest absolute Gasteiger partial charge is 0.0779 e. The van der Waals surface area contributed by atoms with Crippen molar-refractivity contribution < 1.29 is 0 Å². The van der Waals surface area contributed by atoms with Gasteiger partial charge in [0.2, 0.25) is 0 Å². The molecule has 0 bridgehead atoms.